The maximum atomic E-state index is 12.1. The molecule has 21 heavy (non-hydrogen) atoms. The molecule has 0 aromatic heterocycles. The minimum absolute atomic E-state index is 0.0463. The van der Waals surface area contributed by atoms with Crippen LogP contribution in [0.1, 0.15) is 31.7 Å². The van der Waals surface area contributed by atoms with Crippen molar-refractivity contribution >= 4 is 17.4 Å². The molecule has 2 rings (SSSR count). The van der Waals surface area contributed by atoms with Crippen molar-refractivity contribution in [1.29, 1.82) is 0 Å². The van der Waals surface area contributed by atoms with Gasteiger partial charge in [-0.25, -0.2) is 0 Å². The Hall–Kier alpha value is -2.10. The van der Waals surface area contributed by atoms with Crippen LogP contribution in [0.15, 0.2) is 36.4 Å². The van der Waals surface area contributed by atoms with Crippen LogP contribution in [0, 0.1) is 5.92 Å². The average molecular weight is 287 g/mol. The molecule has 1 atom stereocenters. The molecular formula is C17H21NO3. The van der Waals surface area contributed by atoms with E-state index in [1.54, 1.807) is 6.92 Å². The molecule has 0 fully saturated rings. The van der Waals surface area contributed by atoms with Crippen molar-refractivity contribution in [1.82, 2.24) is 4.90 Å². The minimum atomic E-state index is -0.847. The van der Waals surface area contributed by atoms with E-state index in [2.05, 4.69) is 18.2 Å². The SMILES string of the molecule is CC(CC(=O)O)CC(=O)N1CC=C(c2ccccc2)CC1. The molecular weight excluding hydrogens is 266 g/mol. The molecule has 1 aromatic carbocycles. The molecule has 0 saturated heterocycles. The lowest BCUT2D eigenvalue weighted by Gasteiger charge is -2.27. The van der Waals surface area contributed by atoms with Crippen molar-refractivity contribution in [2.75, 3.05) is 13.1 Å². The van der Waals surface area contributed by atoms with E-state index in [1.165, 1.54) is 11.1 Å². The molecule has 4 heteroatoms. The summed E-state index contributed by atoms with van der Waals surface area (Å²) >= 11 is 0. The number of carboxylic acids is 1. The summed E-state index contributed by atoms with van der Waals surface area (Å²) in [5.41, 5.74) is 2.49. The first-order valence-electron chi connectivity index (χ1n) is 7.30. The van der Waals surface area contributed by atoms with Crippen molar-refractivity contribution < 1.29 is 14.7 Å². The maximum absolute atomic E-state index is 12.1. The van der Waals surface area contributed by atoms with Crippen LogP contribution in [0.4, 0.5) is 0 Å². The van der Waals surface area contributed by atoms with Gasteiger partial charge in [0.25, 0.3) is 0 Å². The molecule has 112 valence electrons. The number of benzene rings is 1. The second kappa shape index (κ2) is 7.07. The second-order valence-electron chi connectivity index (χ2n) is 5.59. The molecule has 1 aliphatic heterocycles. The number of hydrogen-bond donors (Lipinski definition) is 1. The normalized spacial score (nSPS) is 16.2. The van der Waals surface area contributed by atoms with Gasteiger partial charge >= 0.3 is 5.97 Å². The van der Waals surface area contributed by atoms with Gasteiger partial charge in [0, 0.05) is 25.9 Å². The number of carboxylic acid groups (broad SMARTS) is 1. The van der Waals surface area contributed by atoms with Gasteiger partial charge in [0.05, 0.1) is 0 Å². The zero-order valence-electron chi connectivity index (χ0n) is 12.3. The first-order valence-corrected chi connectivity index (χ1v) is 7.30. The molecule has 1 amide bonds. The predicted octanol–water partition coefficient (Wildman–Crippen LogP) is 2.80. The molecule has 0 aliphatic carbocycles. The summed E-state index contributed by atoms with van der Waals surface area (Å²) in [6, 6.07) is 10.2. The number of aliphatic carboxylic acids is 1. The summed E-state index contributed by atoms with van der Waals surface area (Å²) in [4.78, 5) is 24.6. The highest BCUT2D eigenvalue weighted by atomic mass is 16.4. The van der Waals surface area contributed by atoms with Crippen LogP contribution in [0.3, 0.4) is 0 Å². The van der Waals surface area contributed by atoms with Gasteiger partial charge in [0.1, 0.15) is 0 Å². The van der Waals surface area contributed by atoms with Gasteiger partial charge in [-0.2, -0.15) is 0 Å². The Morgan fingerprint density at radius 2 is 1.95 bits per heavy atom. The van der Waals surface area contributed by atoms with E-state index in [1.807, 2.05) is 23.1 Å². The second-order valence-corrected chi connectivity index (χ2v) is 5.59. The van der Waals surface area contributed by atoms with Crippen LogP contribution < -0.4 is 0 Å². The highest BCUT2D eigenvalue weighted by Crippen LogP contribution is 2.23. The molecule has 0 radical (unpaired) electrons. The van der Waals surface area contributed by atoms with Crippen LogP contribution in [-0.4, -0.2) is 35.0 Å². The predicted molar refractivity (Wildman–Crippen MR) is 81.6 cm³/mol. The Labute approximate surface area is 125 Å². The Morgan fingerprint density at radius 3 is 2.52 bits per heavy atom. The van der Waals surface area contributed by atoms with Crippen molar-refractivity contribution in [3.63, 3.8) is 0 Å². The van der Waals surface area contributed by atoms with Crippen molar-refractivity contribution in [2.24, 2.45) is 5.92 Å². The number of nitrogens with zero attached hydrogens (tertiary/aromatic N) is 1. The van der Waals surface area contributed by atoms with E-state index in [4.69, 9.17) is 5.11 Å². The van der Waals surface area contributed by atoms with Crippen LogP contribution in [0.5, 0.6) is 0 Å². The van der Waals surface area contributed by atoms with E-state index in [9.17, 15) is 9.59 Å². The quantitative estimate of drug-likeness (QED) is 0.906. The highest BCUT2D eigenvalue weighted by Gasteiger charge is 2.20. The number of carbonyl (C=O) groups excluding carboxylic acids is 1. The average Bonchev–Trinajstić information content (AvgIpc) is 2.47. The van der Waals surface area contributed by atoms with E-state index >= 15 is 0 Å². The zero-order valence-corrected chi connectivity index (χ0v) is 12.3. The van der Waals surface area contributed by atoms with Gasteiger partial charge in [0.2, 0.25) is 5.91 Å². The standard InChI is InChI=1S/C17H21NO3/c1-13(12-17(20)21)11-16(19)18-9-7-15(8-10-18)14-5-3-2-4-6-14/h2-7,13H,8-12H2,1H3,(H,20,21). The van der Waals surface area contributed by atoms with Gasteiger partial charge in [-0.3, -0.25) is 9.59 Å². The summed E-state index contributed by atoms with van der Waals surface area (Å²) in [5.74, 6) is -0.915. The molecule has 1 N–H and O–H groups in total. The number of hydrogen-bond acceptors (Lipinski definition) is 2. The summed E-state index contributed by atoms with van der Waals surface area (Å²) in [6.07, 6.45) is 3.30. The molecule has 0 saturated carbocycles. The molecule has 1 heterocycles. The smallest absolute Gasteiger partial charge is 0.303 e. The third kappa shape index (κ3) is 4.45. The lowest BCUT2D eigenvalue weighted by molar-refractivity contribution is -0.138. The van der Waals surface area contributed by atoms with E-state index in [0.29, 0.717) is 19.5 Å². The highest BCUT2D eigenvalue weighted by molar-refractivity contribution is 5.79. The van der Waals surface area contributed by atoms with Gasteiger partial charge in [0.15, 0.2) is 0 Å². The number of amides is 1. The lowest BCUT2D eigenvalue weighted by atomic mass is 9.98. The van der Waals surface area contributed by atoms with Crippen LogP contribution in [-0.2, 0) is 9.59 Å². The Morgan fingerprint density at radius 1 is 1.24 bits per heavy atom. The fourth-order valence-corrected chi connectivity index (χ4v) is 2.61. The molecule has 1 aliphatic rings. The third-order valence-electron chi connectivity index (χ3n) is 3.75. The van der Waals surface area contributed by atoms with Crippen molar-refractivity contribution in [3.8, 4) is 0 Å². The monoisotopic (exact) mass is 287 g/mol. The fourth-order valence-electron chi connectivity index (χ4n) is 2.61. The van der Waals surface area contributed by atoms with E-state index in [0.717, 1.165) is 6.42 Å². The third-order valence-corrected chi connectivity index (χ3v) is 3.75. The largest absolute Gasteiger partial charge is 0.481 e. The number of carbonyl (C=O) groups is 2. The van der Waals surface area contributed by atoms with Gasteiger partial charge in [-0.15, -0.1) is 0 Å². The van der Waals surface area contributed by atoms with Crippen LogP contribution >= 0.6 is 0 Å². The molecule has 1 aromatic rings. The molecule has 1 unspecified atom stereocenters. The first-order chi connectivity index (χ1) is 10.1. The van der Waals surface area contributed by atoms with Gasteiger partial charge in [-0.05, 0) is 23.5 Å². The van der Waals surface area contributed by atoms with E-state index in [-0.39, 0.29) is 18.2 Å². The van der Waals surface area contributed by atoms with Crippen molar-refractivity contribution in [3.05, 3.63) is 42.0 Å². The van der Waals surface area contributed by atoms with E-state index < -0.39 is 5.97 Å². The maximum Gasteiger partial charge on any atom is 0.303 e. The summed E-state index contributed by atoms with van der Waals surface area (Å²) in [7, 11) is 0. The minimum Gasteiger partial charge on any atom is -0.481 e. The fraction of sp³-hybridized carbons (Fsp3) is 0.412. The zero-order chi connectivity index (χ0) is 15.2. The summed E-state index contributed by atoms with van der Waals surface area (Å²) in [5, 5.41) is 8.73. The molecule has 0 spiro atoms. The van der Waals surface area contributed by atoms with Gasteiger partial charge < -0.3 is 10.0 Å². The molecule has 4 nitrogen and oxygen atoms in total. The van der Waals surface area contributed by atoms with Gasteiger partial charge in [-0.1, -0.05) is 43.3 Å². The van der Waals surface area contributed by atoms with Crippen LogP contribution in [0.25, 0.3) is 5.57 Å². The number of rotatable bonds is 5. The Bertz CT molecular complexity index is 536. The first kappa shape index (κ1) is 15.3. The topological polar surface area (TPSA) is 57.6 Å². The Kier molecular flexibility index (Phi) is 5.14. The lowest BCUT2D eigenvalue weighted by Crippen LogP contribution is -2.35. The van der Waals surface area contributed by atoms with Crippen molar-refractivity contribution in [2.45, 2.75) is 26.2 Å². The molecule has 0 bridgehead atoms. The summed E-state index contributed by atoms with van der Waals surface area (Å²) in [6.45, 7) is 3.13. The summed E-state index contributed by atoms with van der Waals surface area (Å²) < 4.78 is 0. The Balaban J connectivity index is 1.89. The van der Waals surface area contributed by atoms with Crippen LogP contribution in [0.2, 0.25) is 0 Å².